The number of ether oxygens (including phenoxy) is 1. The van der Waals surface area contributed by atoms with Crippen molar-refractivity contribution in [2.24, 2.45) is 17.6 Å². The first-order chi connectivity index (χ1) is 8.77. The first kappa shape index (κ1) is 16.2. The van der Waals surface area contributed by atoms with Gasteiger partial charge in [0.2, 0.25) is 0 Å². The Morgan fingerprint density at radius 2 is 2.05 bits per heavy atom. The van der Waals surface area contributed by atoms with Gasteiger partial charge in [-0.25, -0.2) is 0 Å². The van der Waals surface area contributed by atoms with Crippen LogP contribution in [0, 0.1) is 17.2 Å². The highest BCUT2D eigenvalue weighted by Crippen LogP contribution is 2.36. The molecule has 0 radical (unpaired) electrons. The monoisotopic (exact) mass is 281 g/mol. The van der Waals surface area contributed by atoms with Crippen molar-refractivity contribution in [3.8, 4) is 0 Å². The van der Waals surface area contributed by atoms with E-state index in [1.54, 1.807) is 4.90 Å². The molecule has 0 aromatic heterocycles. The molecule has 1 aliphatic carbocycles. The van der Waals surface area contributed by atoms with Crippen LogP contribution in [0.3, 0.4) is 0 Å². The Balaban J connectivity index is 2.70. The molecule has 2 unspecified atom stereocenters. The third kappa shape index (κ3) is 4.99. The minimum atomic E-state index is -4.47. The largest absolute Gasteiger partial charge is 0.399 e. The van der Waals surface area contributed by atoms with Gasteiger partial charge < -0.3 is 10.5 Å². The second kappa shape index (κ2) is 6.56. The molecule has 1 rings (SSSR count). The molecule has 19 heavy (non-hydrogen) atoms. The standard InChI is InChI=1S/C12H22F3N3O/c1-8(9-3-4-9)18(5-6-19-2)7-10(11(16)17)12(13,14)15/h8-10H,3-7H2,1-2H3,(H3,16,17). The van der Waals surface area contributed by atoms with Crippen LogP contribution in [0.15, 0.2) is 0 Å². The lowest BCUT2D eigenvalue weighted by atomic mass is 10.0. The van der Waals surface area contributed by atoms with Crippen LogP contribution >= 0.6 is 0 Å². The molecule has 4 nitrogen and oxygen atoms in total. The number of rotatable bonds is 8. The minimum Gasteiger partial charge on any atom is -0.387 e. The average Bonchev–Trinajstić information content (AvgIpc) is 3.09. The van der Waals surface area contributed by atoms with Gasteiger partial charge in [-0.3, -0.25) is 10.3 Å². The summed E-state index contributed by atoms with van der Waals surface area (Å²) in [6.45, 7) is 2.47. The van der Waals surface area contributed by atoms with Crippen LogP contribution in [0.25, 0.3) is 0 Å². The third-order valence-electron chi connectivity index (χ3n) is 3.65. The molecular formula is C12H22F3N3O. The molecule has 0 saturated heterocycles. The Kier molecular flexibility index (Phi) is 5.61. The molecule has 0 aromatic carbocycles. The Bertz CT molecular complexity index is 305. The van der Waals surface area contributed by atoms with E-state index >= 15 is 0 Å². The van der Waals surface area contributed by atoms with Gasteiger partial charge in [-0.2, -0.15) is 13.2 Å². The fraction of sp³-hybridized carbons (Fsp3) is 0.917. The summed E-state index contributed by atoms with van der Waals surface area (Å²) in [6, 6.07) is 0.0688. The molecule has 1 fully saturated rings. The number of nitrogens with two attached hydrogens (primary N) is 1. The van der Waals surface area contributed by atoms with E-state index in [4.69, 9.17) is 15.9 Å². The van der Waals surface area contributed by atoms with Crippen molar-refractivity contribution in [2.75, 3.05) is 26.8 Å². The Hall–Kier alpha value is -0.820. The fourth-order valence-corrected chi connectivity index (χ4v) is 2.16. The van der Waals surface area contributed by atoms with E-state index in [-0.39, 0.29) is 12.6 Å². The molecule has 3 N–H and O–H groups in total. The topological polar surface area (TPSA) is 62.3 Å². The fourth-order valence-electron chi connectivity index (χ4n) is 2.16. The van der Waals surface area contributed by atoms with Crippen molar-refractivity contribution < 1.29 is 17.9 Å². The highest BCUT2D eigenvalue weighted by Gasteiger charge is 2.44. The van der Waals surface area contributed by atoms with Gasteiger partial charge in [0, 0.05) is 26.2 Å². The van der Waals surface area contributed by atoms with Crippen LogP contribution in [-0.2, 0) is 4.74 Å². The van der Waals surface area contributed by atoms with E-state index < -0.39 is 17.9 Å². The summed E-state index contributed by atoms with van der Waals surface area (Å²) in [5.74, 6) is -2.26. The van der Waals surface area contributed by atoms with Crippen LogP contribution in [0.4, 0.5) is 13.2 Å². The Morgan fingerprint density at radius 3 is 2.42 bits per heavy atom. The van der Waals surface area contributed by atoms with Crippen LogP contribution in [0.2, 0.25) is 0 Å². The second-order valence-corrected chi connectivity index (χ2v) is 5.12. The van der Waals surface area contributed by atoms with E-state index in [1.165, 1.54) is 7.11 Å². The van der Waals surface area contributed by atoms with Crippen molar-refractivity contribution in [2.45, 2.75) is 32.0 Å². The summed E-state index contributed by atoms with van der Waals surface area (Å²) in [6.07, 6.45) is -2.36. The summed E-state index contributed by atoms with van der Waals surface area (Å²) in [5.41, 5.74) is 5.10. The van der Waals surface area contributed by atoms with E-state index in [9.17, 15) is 13.2 Å². The molecular weight excluding hydrogens is 259 g/mol. The van der Waals surface area contributed by atoms with Gasteiger partial charge in [0.15, 0.2) is 0 Å². The zero-order valence-corrected chi connectivity index (χ0v) is 11.3. The van der Waals surface area contributed by atoms with Crippen molar-refractivity contribution in [1.29, 1.82) is 5.41 Å². The number of nitrogens with one attached hydrogen (secondary N) is 1. The lowest BCUT2D eigenvalue weighted by Crippen LogP contribution is -2.48. The van der Waals surface area contributed by atoms with Crippen LogP contribution in [0.5, 0.6) is 0 Å². The summed E-state index contributed by atoms with van der Waals surface area (Å²) < 4.78 is 43.5. The molecule has 0 aliphatic heterocycles. The number of amidine groups is 1. The highest BCUT2D eigenvalue weighted by molar-refractivity contribution is 5.80. The zero-order valence-electron chi connectivity index (χ0n) is 11.3. The van der Waals surface area contributed by atoms with Crippen LogP contribution in [0.1, 0.15) is 19.8 Å². The van der Waals surface area contributed by atoms with Crippen LogP contribution in [-0.4, -0.2) is 49.8 Å². The number of alkyl halides is 3. The first-order valence-corrected chi connectivity index (χ1v) is 6.41. The highest BCUT2D eigenvalue weighted by atomic mass is 19.4. The first-order valence-electron chi connectivity index (χ1n) is 6.41. The molecule has 1 aliphatic rings. The summed E-state index contributed by atoms with van der Waals surface area (Å²) in [5, 5.41) is 7.14. The van der Waals surface area contributed by atoms with Gasteiger partial charge in [0.05, 0.1) is 6.61 Å². The third-order valence-corrected chi connectivity index (χ3v) is 3.65. The van der Waals surface area contributed by atoms with Crippen molar-refractivity contribution >= 4 is 5.84 Å². The zero-order chi connectivity index (χ0) is 14.6. The summed E-state index contributed by atoms with van der Waals surface area (Å²) in [4.78, 5) is 1.74. The van der Waals surface area contributed by atoms with Gasteiger partial charge in [-0.1, -0.05) is 0 Å². The number of hydrogen-bond donors (Lipinski definition) is 2. The van der Waals surface area contributed by atoms with E-state index in [1.807, 2.05) is 6.92 Å². The number of nitrogens with zero attached hydrogens (tertiary/aromatic N) is 1. The predicted octanol–water partition coefficient (Wildman–Crippen LogP) is 1.85. The minimum absolute atomic E-state index is 0.0688. The maximum absolute atomic E-state index is 12.9. The summed E-state index contributed by atoms with van der Waals surface area (Å²) in [7, 11) is 1.52. The smallest absolute Gasteiger partial charge is 0.387 e. The van der Waals surface area contributed by atoms with E-state index in [0.29, 0.717) is 19.1 Å². The van der Waals surface area contributed by atoms with Gasteiger partial charge in [-0.15, -0.1) is 0 Å². The SMILES string of the molecule is COCCN(CC(C(=N)N)C(F)(F)F)C(C)C1CC1. The van der Waals surface area contributed by atoms with Gasteiger partial charge >= 0.3 is 6.18 Å². The molecule has 0 bridgehead atoms. The Morgan fingerprint density at radius 1 is 1.47 bits per heavy atom. The van der Waals surface area contributed by atoms with Crippen LogP contribution < -0.4 is 5.73 Å². The maximum Gasteiger partial charge on any atom is 0.399 e. The molecule has 7 heteroatoms. The number of halogens is 3. The molecule has 2 atom stereocenters. The van der Waals surface area contributed by atoms with E-state index in [0.717, 1.165) is 12.8 Å². The van der Waals surface area contributed by atoms with Gasteiger partial charge in [-0.05, 0) is 25.7 Å². The molecule has 0 spiro atoms. The van der Waals surface area contributed by atoms with Crippen molar-refractivity contribution in [3.05, 3.63) is 0 Å². The summed E-state index contributed by atoms with van der Waals surface area (Å²) >= 11 is 0. The molecule has 0 heterocycles. The normalized spacial score (nSPS) is 19.5. The van der Waals surface area contributed by atoms with Gasteiger partial charge in [0.1, 0.15) is 11.8 Å². The quantitative estimate of drug-likeness (QED) is 0.527. The lowest BCUT2D eigenvalue weighted by molar-refractivity contribution is -0.161. The van der Waals surface area contributed by atoms with Gasteiger partial charge in [0.25, 0.3) is 0 Å². The lowest BCUT2D eigenvalue weighted by Gasteiger charge is -2.32. The maximum atomic E-state index is 12.9. The van der Waals surface area contributed by atoms with Crippen molar-refractivity contribution in [1.82, 2.24) is 4.90 Å². The Labute approximate surface area is 111 Å². The molecule has 112 valence electrons. The molecule has 0 aromatic rings. The number of hydrogen-bond acceptors (Lipinski definition) is 3. The van der Waals surface area contributed by atoms with Crippen molar-refractivity contribution in [3.63, 3.8) is 0 Å². The predicted molar refractivity (Wildman–Crippen MR) is 67.1 cm³/mol. The molecule has 1 saturated carbocycles. The second-order valence-electron chi connectivity index (χ2n) is 5.12. The number of methoxy groups -OCH3 is 1. The molecule has 0 amide bonds. The average molecular weight is 281 g/mol. The van der Waals surface area contributed by atoms with E-state index in [2.05, 4.69) is 0 Å².